The first-order valence-electron chi connectivity index (χ1n) is 10.4. The lowest BCUT2D eigenvalue weighted by atomic mass is 10.2. The first-order valence-corrected chi connectivity index (χ1v) is 12.1. The molecule has 0 atom stereocenters. The molecule has 1 N–H and O–H groups in total. The second kappa shape index (κ2) is 12.1. The molecule has 1 heterocycles. The smallest absolute Gasteiger partial charge is 0.306 e. The van der Waals surface area contributed by atoms with E-state index in [-0.39, 0.29) is 31.9 Å². The maximum Gasteiger partial charge on any atom is 0.306 e. The van der Waals surface area contributed by atoms with Crippen molar-refractivity contribution in [1.82, 2.24) is 20.1 Å². The highest BCUT2D eigenvalue weighted by atomic mass is 35.5. The number of carbonyl (C=O) groups is 2. The third-order valence-electron chi connectivity index (χ3n) is 4.61. The Kier molecular flexibility index (Phi) is 9.17. The third kappa shape index (κ3) is 7.22. The van der Waals surface area contributed by atoms with Gasteiger partial charge in [-0.15, -0.1) is 10.2 Å². The van der Waals surface area contributed by atoms with Gasteiger partial charge in [0.25, 0.3) is 0 Å². The van der Waals surface area contributed by atoms with Gasteiger partial charge in [0.2, 0.25) is 5.91 Å². The van der Waals surface area contributed by atoms with Crippen molar-refractivity contribution in [2.24, 2.45) is 0 Å². The van der Waals surface area contributed by atoms with Gasteiger partial charge >= 0.3 is 5.97 Å². The Morgan fingerprint density at radius 1 is 1.12 bits per heavy atom. The van der Waals surface area contributed by atoms with Crippen LogP contribution in [0.1, 0.15) is 36.7 Å². The molecule has 0 radical (unpaired) electrons. The standard InChI is InChI=1S/C23H24Cl2N4O3S/c1-3-32-22(31)10-9-21(30)26-13-20-27-28-23(33-14-16-6-4-5-15(2)11-16)29(20)19-12-17(24)7-8-18(19)25/h4-8,11-12H,3,9-10,13-14H2,1-2H3,(H,26,30). The van der Waals surface area contributed by atoms with Crippen molar-refractivity contribution in [3.63, 3.8) is 0 Å². The van der Waals surface area contributed by atoms with Gasteiger partial charge in [0, 0.05) is 17.2 Å². The summed E-state index contributed by atoms with van der Waals surface area (Å²) in [6.45, 7) is 4.17. The van der Waals surface area contributed by atoms with E-state index >= 15 is 0 Å². The first kappa shape index (κ1) is 25.1. The van der Waals surface area contributed by atoms with Crippen molar-refractivity contribution < 1.29 is 14.3 Å². The molecular formula is C23H24Cl2N4O3S. The molecule has 0 aliphatic carbocycles. The number of nitrogens with zero attached hydrogens (tertiary/aromatic N) is 3. The van der Waals surface area contributed by atoms with E-state index in [0.29, 0.717) is 32.5 Å². The Bertz CT molecular complexity index is 1140. The Labute approximate surface area is 206 Å². The minimum atomic E-state index is -0.406. The zero-order valence-electron chi connectivity index (χ0n) is 18.3. The topological polar surface area (TPSA) is 86.1 Å². The van der Waals surface area contributed by atoms with E-state index in [1.54, 1.807) is 29.7 Å². The van der Waals surface area contributed by atoms with Crippen LogP contribution in [0.2, 0.25) is 10.0 Å². The van der Waals surface area contributed by atoms with Gasteiger partial charge in [-0.3, -0.25) is 14.2 Å². The van der Waals surface area contributed by atoms with Crippen molar-refractivity contribution in [2.75, 3.05) is 6.61 Å². The van der Waals surface area contributed by atoms with Gasteiger partial charge in [0.05, 0.1) is 30.3 Å². The molecule has 0 aliphatic heterocycles. The summed E-state index contributed by atoms with van der Waals surface area (Å²) in [5, 5.41) is 13.0. The second-order valence-electron chi connectivity index (χ2n) is 7.19. The van der Waals surface area contributed by atoms with Gasteiger partial charge in [-0.25, -0.2) is 0 Å². The van der Waals surface area contributed by atoms with Gasteiger partial charge in [-0.05, 0) is 37.6 Å². The molecule has 0 spiro atoms. The summed E-state index contributed by atoms with van der Waals surface area (Å²) in [4.78, 5) is 23.7. The van der Waals surface area contributed by atoms with Crippen LogP contribution in [0.25, 0.3) is 5.69 Å². The van der Waals surface area contributed by atoms with Crippen LogP contribution in [0, 0.1) is 6.92 Å². The van der Waals surface area contributed by atoms with Crippen LogP contribution in [-0.2, 0) is 26.6 Å². The summed E-state index contributed by atoms with van der Waals surface area (Å²) in [5.74, 6) is 0.486. The van der Waals surface area contributed by atoms with Crippen molar-refractivity contribution in [3.05, 3.63) is 69.5 Å². The van der Waals surface area contributed by atoms with Crippen LogP contribution >= 0.6 is 35.0 Å². The summed E-state index contributed by atoms with van der Waals surface area (Å²) in [7, 11) is 0. The minimum Gasteiger partial charge on any atom is -0.466 e. The minimum absolute atomic E-state index is 0.0179. The predicted molar refractivity (Wildman–Crippen MR) is 130 cm³/mol. The van der Waals surface area contributed by atoms with E-state index in [4.69, 9.17) is 27.9 Å². The Hall–Kier alpha value is -2.55. The number of aryl methyl sites for hydroxylation is 1. The largest absolute Gasteiger partial charge is 0.466 e. The number of hydrogen-bond donors (Lipinski definition) is 1. The number of carbonyl (C=O) groups excluding carboxylic acids is 2. The highest BCUT2D eigenvalue weighted by Crippen LogP contribution is 2.31. The molecule has 0 saturated heterocycles. The molecule has 1 aromatic heterocycles. The summed E-state index contributed by atoms with van der Waals surface area (Å²) in [6.07, 6.45) is 0.0456. The predicted octanol–water partition coefficient (Wildman–Crippen LogP) is 5.13. The fraction of sp³-hybridized carbons (Fsp3) is 0.304. The van der Waals surface area contributed by atoms with Crippen LogP contribution < -0.4 is 5.32 Å². The summed E-state index contributed by atoms with van der Waals surface area (Å²) in [6, 6.07) is 13.4. The number of thioether (sulfide) groups is 1. The number of benzene rings is 2. The normalized spacial score (nSPS) is 10.8. The van der Waals surface area contributed by atoms with E-state index in [1.165, 1.54) is 17.3 Å². The van der Waals surface area contributed by atoms with Gasteiger partial charge < -0.3 is 10.1 Å². The van der Waals surface area contributed by atoms with Crippen molar-refractivity contribution in [2.45, 2.75) is 44.1 Å². The van der Waals surface area contributed by atoms with Crippen LogP contribution in [0.5, 0.6) is 0 Å². The number of hydrogen-bond acceptors (Lipinski definition) is 6. The molecule has 0 unspecified atom stereocenters. The van der Waals surface area contributed by atoms with E-state index in [1.807, 2.05) is 19.1 Å². The third-order valence-corrected chi connectivity index (χ3v) is 6.16. The van der Waals surface area contributed by atoms with E-state index in [0.717, 1.165) is 5.56 Å². The SMILES string of the molecule is CCOC(=O)CCC(=O)NCc1nnc(SCc2cccc(C)c2)n1-c1cc(Cl)ccc1Cl. The van der Waals surface area contributed by atoms with Crippen LogP contribution in [0.15, 0.2) is 47.6 Å². The molecule has 3 rings (SSSR count). The summed E-state index contributed by atoms with van der Waals surface area (Å²) < 4.78 is 6.65. The second-order valence-corrected chi connectivity index (χ2v) is 8.98. The molecule has 33 heavy (non-hydrogen) atoms. The molecule has 3 aromatic rings. The fourth-order valence-electron chi connectivity index (χ4n) is 3.07. The lowest BCUT2D eigenvalue weighted by Gasteiger charge is -2.13. The average molecular weight is 507 g/mol. The average Bonchev–Trinajstić information content (AvgIpc) is 3.19. The van der Waals surface area contributed by atoms with Crippen molar-refractivity contribution in [1.29, 1.82) is 0 Å². The molecule has 2 aromatic carbocycles. The number of esters is 1. The molecule has 7 nitrogen and oxygen atoms in total. The van der Waals surface area contributed by atoms with Gasteiger partial charge in [0.1, 0.15) is 0 Å². The molecule has 0 fully saturated rings. The molecule has 10 heteroatoms. The Morgan fingerprint density at radius 2 is 1.94 bits per heavy atom. The Balaban J connectivity index is 1.79. The van der Waals surface area contributed by atoms with Crippen molar-refractivity contribution in [3.8, 4) is 5.69 Å². The number of rotatable bonds is 10. The number of aromatic nitrogens is 3. The number of halogens is 2. The zero-order chi connectivity index (χ0) is 23.8. The van der Waals surface area contributed by atoms with E-state index < -0.39 is 5.97 Å². The summed E-state index contributed by atoms with van der Waals surface area (Å²) in [5.41, 5.74) is 2.95. The first-order chi connectivity index (χ1) is 15.9. The van der Waals surface area contributed by atoms with E-state index in [9.17, 15) is 9.59 Å². The highest BCUT2D eigenvalue weighted by Gasteiger charge is 2.18. The van der Waals surface area contributed by atoms with E-state index in [2.05, 4.69) is 27.6 Å². The molecule has 0 aliphatic rings. The van der Waals surface area contributed by atoms with Crippen LogP contribution in [0.3, 0.4) is 0 Å². The highest BCUT2D eigenvalue weighted by molar-refractivity contribution is 7.98. The summed E-state index contributed by atoms with van der Waals surface area (Å²) >= 11 is 14.2. The monoisotopic (exact) mass is 506 g/mol. The number of ether oxygens (including phenoxy) is 1. The number of amides is 1. The maximum absolute atomic E-state index is 12.2. The maximum atomic E-state index is 12.2. The van der Waals surface area contributed by atoms with Crippen LogP contribution in [0.4, 0.5) is 0 Å². The molecule has 174 valence electrons. The lowest BCUT2D eigenvalue weighted by Crippen LogP contribution is -2.25. The van der Waals surface area contributed by atoms with Gasteiger partial charge in [-0.1, -0.05) is 64.8 Å². The molecular weight excluding hydrogens is 483 g/mol. The number of nitrogens with one attached hydrogen (secondary N) is 1. The van der Waals surface area contributed by atoms with Gasteiger partial charge in [0.15, 0.2) is 11.0 Å². The quantitative estimate of drug-likeness (QED) is 0.302. The van der Waals surface area contributed by atoms with Crippen LogP contribution in [-0.4, -0.2) is 33.2 Å². The Morgan fingerprint density at radius 3 is 2.70 bits per heavy atom. The fourth-order valence-corrected chi connectivity index (χ4v) is 4.35. The molecule has 1 amide bonds. The van der Waals surface area contributed by atoms with Crippen molar-refractivity contribution >= 4 is 46.8 Å². The zero-order valence-corrected chi connectivity index (χ0v) is 20.6. The van der Waals surface area contributed by atoms with Gasteiger partial charge in [-0.2, -0.15) is 0 Å². The lowest BCUT2D eigenvalue weighted by molar-refractivity contribution is -0.144. The molecule has 0 bridgehead atoms. The molecule has 0 saturated carbocycles.